The lowest BCUT2D eigenvalue weighted by atomic mass is 9.95. The summed E-state index contributed by atoms with van der Waals surface area (Å²) in [5.74, 6) is -1.63. The van der Waals surface area contributed by atoms with Gasteiger partial charge >= 0.3 is 0 Å². The number of carbonyl (C=O) groups excluding carboxylic acids is 2. The first-order valence-corrected chi connectivity index (χ1v) is 9.02. The number of hydrogen-bond acceptors (Lipinski definition) is 5. The van der Waals surface area contributed by atoms with Gasteiger partial charge in [0.2, 0.25) is 0 Å². The number of aromatic carboxylic acids is 1. The molecule has 3 aromatic carbocycles. The second-order valence-electron chi connectivity index (χ2n) is 5.82. The maximum Gasteiger partial charge on any atom is 0.258 e. The molecule has 1 aromatic heterocycles. The Hall–Kier alpha value is -3.51. The Morgan fingerprint density at radius 1 is 0.815 bits per heavy atom. The third-order valence-corrected chi connectivity index (χ3v) is 5.08. The molecule has 4 aromatic rings. The van der Waals surface area contributed by atoms with Gasteiger partial charge in [-0.05, 0) is 29.3 Å². The zero-order valence-corrected chi connectivity index (χ0v) is 14.8. The van der Waals surface area contributed by atoms with Crippen molar-refractivity contribution in [3.8, 4) is 11.1 Å². The van der Waals surface area contributed by atoms with Gasteiger partial charge in [-0.2, -0.15) is 0 Å². The van der Waals surface area contributed by atoms with Gasteiger partial charge in [-0.25, -0.2) is 4.98 Å². The number of carboxylic acids is 1. The van der Waals surface area contributed by atoms with Gasteiger partial charge in [0.05, 0.1) is 16.2 Å². The van der Waals surface area contributed by atoms with Crippen LogP contribution in [0.15, 0.2) is 72.8 Å². The Balaban J connectivity index is 1.72. The molecular formula is C21H13N2O3S-. The van der Waals surface area contributed by atoms with Gasteiger partial charge in [0, 0.05) is 11.1 Å². The Bertz CT molecular complexity index is 1130. The van der Waals surface area contributed by atoms with E-state index >= 15 is 0 Å². The Kier molecular flexibility index (Phi) is 4.40. The second kappa shape index (κ2) is 7.01. The van der Waals surface area contributed by atoms with Gasteiger partial charge < -0.3 is 9.90 Å². The number of carboxylic acid groups (broad SMARTS) is 1. The summed E-state index contributed by atoms with van der Waals surface area (Å²) >= 11 is 1.38. The van der Waals surface area contributed by atoms with E-state index in [1.165, 1.54) is 17.4 Å². The van der Waals surface area contributed by atoms with E-state index < -0.39 is 5.97 Å². The molecule has 1 N–H and O–H groups in total. The quantitative estimate of drug-likeness (QED) is 0.593. The molecule has 132 valence electrons. The summed E-state index contributed by atoms with van der Waals surface area (Å²) in [5, 5.41) is 14.7. The van der Waals surface area contributed by atoms with Gasteiger partial charge in [-0.3, -0.25) is 10.1 Å². The minimum absolute atomic E-state index is 0.0396. The molecule has 0 atom stereocenters. The van der Waals surface area contributed by atoms with E-state index in [1.54, 1.807) is 42.5 Å². The molecule has 0 spiro atoms. The van der Waals surface area contributed by atoms with Crippen molar-refractivity contribution in [1.82, 2.24) is 4.98 Å². The number of amides is 1. The molecular weight excluding hydrogens is 360 g/mol. The molecule has 0 unspecified atom stereocenters. The Morgan fingerprint density at radius 3 is 2.11 bits per heavy atom. The number of carbonyl (C=O) groups is 2. The minimum atomic E-state index is -1.29. The lowest BCUT2D eigenvalue weighted by molar-refractivity contribution is -0.254. The average Bonchev–Trinajstić information content (AvgIpc) is 3.10. The van der Waals surface area contributed by atoms with Crippen LogP contribution >= 0.6 is 11.3 Å². The van der Waals surface area contributed by atoms with Crippen molar-refractivity contribution in [2.75, 3.05) is 5.32 Å². The van der Waals surface area contributed by atoms with Crippen LogP contribution in [0.3, 0.4) is 0 Å². The van der Waals surface area contributed by atoms with E-state index in [-0.39, 0.29) is 11.5 Å². The van der Waals surface area contributed by atoms with E-state index in [1.807, 2.05) is 24.3 Å². The van der Waals surface area contributed by atoms with E-state index in [0.29, 0.717) is 21.8 Å². The van der Waals surface area contributed by atoms with Crippen molar-refractivity contribution >= 4 is 38.6 Å². The largest absolute Gasteiger partial charge is 0.545 e. The normalized spacial score (nSPS) is 10.7. The van der Waals surface area contributed by atoms with E-state index in [0.717, 1.165) is 10.2 Å². The highest BCUT2D eigenvalue weighted by Gasteiger charge is 2.16. The summed E-state index contributed by atoms with van der Waals surface area (Å²) in [6.07, 6.45) is 0. The van der Waals surface area contributed by atoms with Gasteiger partial charge in [-0.15, -0.1) is 0 Å². The Morgan fingerprint density at radius 2 is 1.41 bits per heavy atom. The van der Waals surface area contributed by atoms with Crippen LogP contribution in [-0.2, 0) is 0 Å². The summed E-state index contributed by atoms with van der Waals surface area (Å²) in [7, 11) is 0. The number of fused-ring (bicyclic) bond motifs is 1. The number of rotatable bonds is 4. The van der Waals surface area contributed by atoms with Crippen molar-refractivity contribution in [3.63, 3.8) is 0 Å². The smallest absolute Gasteiger partial charge is 0.258 e. The molecule has 0 saturated heterocycles. The maximum absolute atomic E-state index is 12.9. The fraction of sp³-hybridized carbons (Fsp3) is 0. The van der Waals surface area contributed by atoms with Crippen LogP contribution in [0.2, 0.25) is 0 Å². The molecule has 0 aliphatic carbocycles. The molecule has 4 rings (SSSR count). The number of benzene rings is 3. The number of para-hydroxylation sites is 1. The fourth-order valence-electron chi connectivity index (χ4n) is 2.90. The van der Waals surface area contributed by atoms with Gasteiger partial charge in [-0.1, -0.05) is 65.9 Å². The number of hydrogen-bond donors (Lipinski definition) is 1. The Labute approximate surface area is 158 Å². The number of anilines is 1. The predicted octanol–water partition coefficient (Wildman–Crippen LogP) is 3.58. The minimum Gasteiger partial charge on any atom is -0.545 e. The topological polar surface area (TPSA) is 82.1 Å². The third kappa shape index (κ3) is 3.30. The van der Waals surface area contributed by atoms with Crippen LogP contribution in [0.1, 0.15) is 20.7 Å². The van der Waals surface area contributed by atoms with Crippen molar-refractivity contribution < 1.29 is 14.7 Å². The number of thiazole rings is 1. The molecule has 1 amide bonds. The number of aromatic nitrogens is 1. The molecule has 0 fully saturated rings. The summed E-state index contributed by atoms with van der Waals surface area (Å²) in [5.41, 5.74) is 2.18. The molecule has 0 bridgehead atoms. The zero-order valence-electron chi connectivity index (χ0n) is 14.0. The highest BCUT2D eigenvalue weighted by atomic mass is 32.1. The van der Waals surface area contributed by atoms with Crippen LogP contribution in [0, 0.1) is 0 Å². The molecule has 0 radical (unpaired) electrons. The SMILES string of the molecule is O=C([O-])c1ccccc1-c1ccccc1C(=O)Nc1nc2ccccc2s1. The van der Waals surface area contributed by atoms with Crippen LogP contribution in [0.25, 0.3) is 21.3 Å². The monoisotopic (exact) mass is 373 g/mol. The molecule has 5 nitrogen and oxygen atoms in total. The molecule has 0 aliphatic rings. The van der Waals surface area contributed by atoms with Crippen LogP contribution in [0.4, 0.5) is 5.13 Å². The summed E-state index contributed by atoms with van der Waals surface area (Å²) in [4.78, 5) is 28.7. The highest BCUT2D eigenvalue weighted by Crippen LogP contribution is 2.29. The molecule has 27 heavy (non-hydrogen) atoms. The maximum atomic E-state index is 12.9. The fourth-order valence-corrected chi connectivity index (χ4v) is 3.76. The first-order chi connectivity index (χ1) is 13.1. The molecule has 6 heteroatoms. The lowest BCUT2D eigenvalue weighted by Crippen LogP contribution is -2.23. The van der Waals surface area contributed by atoms with Crippen molar-refractivity contribution in [3.05, 3.63) is 83.9 Å². The van der Waals surface area contributed by atoms with Crippen molar-refractivity contribution in [1.29, 1.82) is 0 Å². The first kappa shape index (κ1) is 16.9. The summed E-state index contributed by atoms with van der Waals surface area (Å²) in [6.45, 7) is 0. The molecule has 0 saturated carbocycles. The van der Waals surface area contributed by atoms with Gasteiger partial charge in [0.1, 0.15) is 0 Å². The van der Waals surface area contributed by atoms with Crippen molar-refractivity contribution in [2.45, 2.75) is 0 Å². The van der Waals surface area contributed by atoms with Crippen molar-refractivity contribution in [2.24, 2.45) is 0 Å². The summed E-state index contributed by atoms with van der Waals surface area (Å²) < 4.78 is 0.975. The van der Waals surface area contributed by atoms with Gasteiger partial charge in [0.15, 0.2) is 5.13 Å². The molecule has 1 heterocycles. The third-order valence-electron chi connectivity index (χ3n) is 4.12. The van der Waals surface area contributed by atoms with Crippen LogP contribution < -0.4 is 10.4 Å². The van der Waals surface area contributed by atoms with E-state index in [9.17, 15) is 14.7 Å². The average molecular weight is 373 g/mol. The standard InChI is InChI=1S/C21H14N2O3S/c24-19(23-21-22-17-11-5-6-12-18(17)27-21)15-9-3-1-7-13(15)14-8-2-4-10-16(14)20(25)26/h1-12H,(H,25,26)(H,22,23,24)/p-1. The first-order valence-electron chi connectivity index (χ1n) is 8.20. The van der Waals surface area contributed by atoms with E-state index in [2.05, 4.69) is 10.3 Å². The number of nitrogens with one attached hydrogen (secondary N) is 1. The lowest BCUT2D eigenvalue weighted by Gasteiger charge is -2.14. The number of nitrogens with zero attached hydrogens (tertiary/aromatic N) is 1. The highest BCUT2D eigenvalue weighted by molar-refractivity contribution is 7.22. The second-order valence-corrected chi connectivity index (χ2v) is 6.85. The molecule has 0 aliphatic heterocycles. The van der Waals surface area contributed by atoms with Gasteiger partial charge in [0.25, 0.3) is 5.91 Å². The predicted molar refractivity (Wildman–Crippen MR) is 104 cm³/mol. The zero-order chi connectivity index (χ0) is 18.8. The van der Waals surface area contributed by atoms with E-state index in [4.69, 9.17) is 0 Å². The summed E-state index contributed by atoms with van der Waals surface area (Å²) in [6, 6.07) is 21.0. The van der Waals surface area contributed by atoms with Crippen LogP contribution in [-0.4, -0.2) is 16.9 Å². The van der Waals surface area contributed by atoms with Crippen LogP contribution in [0.5, 0.6) is 0 Å².